The van der Waals surface area contributed by atoms with Gasteiger partial charge in [0.1, 0.15) is 5.76 Å². The van der Waals surface area contributed by atoms with E-state index in [4.69, 9.17) is 4.42 Å². The standard InChI is InChI=1S/C14H19NOS/c1-3-6-12(14-8-5-10-17-14)15-11(2)13-7-4-9-16-13/h4-5,7-12,15H,3,6H2,1-2H3. The Kier molecular flexibility index (Phi) is 4.40. The van der Waals surface area contributed by atoms with Crippen molar-refractivity contribution in [1.82, 2.24) is 5.32 Å². The summed E-state index contributed by atoms with van der Waals surface area (Å²) in [6, 6.07) is 8.96. The first kappa shape index (κ1) is 12.4. The molecule has 0 spiro atoms. The van der Waals surface area contributed by atoms with Gasteiger partial charge in [-0.2, -0.15) is 0 Å². The van der Waals surface area contributed by atoms with Crippen LogP contribution in [0.1, 0.15) is 49.4 Å². The molecule has 2 rings (SSSR count). The molecule has 2 aromatic heterocycles. The lowest BCUT2D eigenvalue weighted by Gasteiger charge is -2.20. The van der Waals surface area contributed by atoms with E-state index >= 15 is 0 Å². The lowest BCUT2D eigenvalue weighted by Crippen LogP contribution is -2.23. The van der Waals surface area contributed by atoms with Crippen LogP contribution >= 0.6 is 11.3 Å². The summed E-state index contributed by atoms with van der Waals surface area (Å²) in [4.78, 5) is 1.41. The van der Waals surface area contributed by atoms with Crippen LogP contribution in [0.3, 0.4) is 0 Å². The summed E-state index contributed by atoms with van der Waals surface area (Å²) in [5, 5.41) is 5.78. The summed E-state index contributed by atoms with van der Waals surface area (Å²) >= 11 is 1.82. The second kappa shape index (κ2) is 6.03. The van der Waals surface area contributed by atoms with Crippen molar-refractivity contribution in [3.05, 3.63) is 46.5 Å². The van der Waals surface area contributed by atoms with Crippen molar-refractivity contribution < 1.29 is 4.42 Å². The maximum Gasteiger partial charge on any atom is 0.120 e. The van der Waals surface area contributed by atoms with Gasteiger partial charge in [-0.3, -0.25) is 5.32 Å². The number of furan rings is 1. The highest BCUT2D eigenvalue weighted by atomic mass is 32.1. The first-order chi connectivity index (χ1) is 8.31. The van der Waals surface area contributed by atoms with Gasteiger partial charge in [0.2, 0.25) is 0 Å². The predicted molar refractivity (Wildman–Crippen MR) is 72.2 cm³/mol. The van der Waals surface area contributed by atoms with E-state index in [9.17, 15) is 0 Å². The molecule has 0 aromatic carbocycles. The fourth-order valence-electron chi connectivity index (χ4n) is 2.01. The quantitative estimate of drug-likeness (QED) is 0.813. The Bertz CT molecular complexity index is 407. The molecule has 92 valence electrons. The minimum Gasteiger partial charge on any atom is -0.468 e. The zero-order valence-electron chi connectivity index (χ0n) is 10.3. The van der Waals surface area contributed by atoms with E-state index in [0.29, 0.717) is 6.04 Å². The van der Waals surface area contributed by atoms with E-state index in [1.54, 1.807) is 6.26 Å². The van der Waals surface area contributed by atoms with Crippen molar-refractivity contribution in [2.45, 2.75) is 38.8 Å². The minimum absolute atomic E-state index is 0.253. The summed E-state index contributed by atoms with van der Waals surface area (Å²) < 4.78 is 5.43. The summed E-state index contributed by atoms with van der Waals surface area (Å²) in [7, 11) is 0. The van der Waals surface area contributed by atoms with Gasteiger partial charge in [0.05, 0.1) is 12.3 Å². The summed E-state index contributed by atoms with van der Waals surface area (Å²) in [5.74, 6) is 1.00. The van der Waals surface area contributed by atoms with Crippen LogP contribution < -0.4 is 5.32 Å². The fourth-order valence-corrected chi connectivity index (χ4v) is 2.83. The SMILES string of the molecule is CCCC(NC(C)c1ccco1)c1cccs1. The second-order valence-corrected chi connectivity index (χ2v) is 5.24. The number of hydrogen-bond donors (Lipinski definition) is 1. The molecule has 0 aliphatic heterocycles. The second-order valence-electron chi connectivity index (χ2n) is 4.26. The maximum absolute atomic E-state index is 5.43. The molecule has 3 heteroatoms. The van der Waals surface area contributed by atoms with Gasteiger partial charge in [-0.05, 0) is 36.9 Å². The van der Waals surface area contributed by atoms with Crippen LogP contribution in [0.25, 0.3) is 0 Å². The van der Waals surface area contributed by atoms with Gasteiger partial charge >= 0.3 is 0 Å². The molecule has 0 aliphatic rings. The minimum atomic E-state index is 0.253. The molecule has 0 radical (unpaired) electrons. The van der Waals surface area contributed by atoms with Gasteiger partial charge < -0.3 is 4.42 Å². The zero-order chi connectivity index (χ0) is 12.1. The first-order valence-electron chi connectivity index (χ1n) is 6.14. The lowest BCUT2D eigenvalue weighted by molar-refractivity contribution is 0.382. The van der Waals surface area contributed by atoms with E-state index < -0.39 is 0 Å². The van der Waals surface area contributed by atoms with Crippen LogP contribution in [0, 0.1) is 0 Å². The molecule has 2 unspecified atom stereocenters. The largest absolute Gasteiger partial charge is 0.468 e. The van der Waals surface area contributed by atoms with Gasteiger partial charge in [-0.1, -0.05) is 19.4 Å². The van der Waals surface area contributed by atoms with Crippen molar-refractivity contribution in [3.63, 3.8) is 0 Å². The van der Waals surface area contributed by atoms with E-state index in [2.05, 4.69) is 36.7 Å². The zero-order valence-corrected chi connectivity index (χ0v) is 11.2. The Morgan fingerprint density at radius 1 is 1.35 bits per heavy atom. The van der Waals surface area contributed by atoms with Crippen LogP contribution in [0.4, 0.5) is 0 Å². The third kappa shape index (κ3) is 3.20. The topological polar surface area (TPSA) is 25.2 Å². The van der Waals surface area contributed by atoms with Gasteiger partial charge in [-0.25, -0.2) is 0 Å². The smallest absolute Gasteiger partial charge is 0.120 e. The van der Waals surface area contributed by atoms with Crippen molar-refractivity contribution in [2.75, 3.05) is 0 Å². The number of thiophene rings is 1. The molecule has 2 atom stereocenters. The molecule has 0 amide bonds. The van der Waals surface area contributed by atoms with Crippen LogP contribution in [-0.2, 0) is 0 Å². The molecule has 0 bridgehead atoms. The average molecular weight is 249 g/mol. The number of hydrogen-bond acceptors (Lipinski definition) is 3. The van der Waals surface area contributed by atoms with Gasteiger partial charge in [0.15, 0.2) is 0 Å². The Labute approximate surface area is 107 Å². The fraction of sp³-hybridized carbons (Fsp3) is 0.429. The molecular formula is C14H19NOS. The average Bonchev–Trinajstić information content (AvgIpc) is 3.01. The molecular weight excluding hydrogens is 230 g/mol. The third-order valence-electron chi connectivity index (χ3n) is 2.89. The molecule has 0 aliphatic carbocycles. The molecule has 0 fully saturated rings. The molecule has 2 aromatic rings. The van der Waals surface area contributed by atoms with Crippen LogP contribution in [0.5, 0.6) is 0 Å². The van der Waals surface area contributed by atoms with Gasteiger partial charge in [0.25, 0.3) is 0 Å². The van der Waals surface area contributed by atoms with Crippen molar-refractivity contribution in [3.8, 4) is 0 Å². The molecule has 2 heterocycles. The van der Waals surface area contributed by atoms with E-state index in [1.165, 1.54) is 11.3 Å². The molecule has 0 saturated heterocycles. The van der Waals surface area contributed by atoms with Gasteiger partial charge in [0, 0.05) is 10.9 Å². The Morgan fingerprint density at radius 3 is 2.82 bits per heavy atom. The lowest BCUT2D eigenvalue weighted by atomic mass is 10.1. The molecule has 2 nitrogen and oxygen atoms in total. The van der Waals surface area contributed by atoms with Crippen LogP contribution in [-0.4, -0.2) is 0 Å². The highest BCUT2D eigenvalue weighted by Gasteiger charge is 2.16. The summed E-state index contributed by atoms with van der Waals surface area (Å²) in [6.45, 7) is 4.37. The predicted octanol–water partition coefficient (Wildman–Crippen LogP) is 4.53. The van der Waals surface area contributed by atoms with Crippen molar-refractivity contribution >= 4 is 11.3 Å². The highest BCUT2D eigenvalue weighted by Crippen LogP contribution is 2.26. The van der Waals surface area contributed by atoms with Gasteiger partial charge in [-0.15, -0.1) is 11.3 Å². The number of nitrogens with one attached hydrogen (secondary N) is 1. The van der Waals surface area contributed by atoms with Crippen LogP contribution in [0.15, 0.2) is 40.3 Å². The van der Waals surface area contributed by atoms with E-state index in [0.717, 1.165) is 12.2 Å². The highest BCUT2D eigenvalue weighted by molar-refractivity contribution is 7.10. The Balaban J connectivity index is 2.03. The Hall–Kier alpha value is -1.06. The molecule has 1 N–H and O–H groups in total. The Morgan fingerprint density at radius 2 is 2.24 bits per heavy atom. The third-order valence-corrected chi connectivity index (χ3v) is 3.87. The van der Waals surface area contributed by atoms with E-state index in [1.807, 2.05) is 23.5 Å². The van der Waals surface area contributed by atoms with E-state index in [-0.39, 0.29) is 6.04 Å². The first-order valence-corrected chi connectivity index (χ1v) is 7.02. The van der Waals surface area contributed by atoms with Crippen molar-refractivity contribution in [2.24, 2.45) is 0 Å². The summed E-state index contributed by atoms with van der Waals surface area (Å²) in [6.07, 6.45) is 4.07. The van der Waals surface area contributed by atoms with Crippen molar-refractivity contribution in [1.29, 1.82) is 0 Å². The maximum atomic E-state index is 5.43. The molecule has 17 heavy (non-hydrogen) atoms. The monoisotopic (exact) mass is 249 g/mol. The summed E-state index contributed by atoms with van der Waals surface area (Å²) in [5.41, 5.74) is 0. The van der Waals surface area contributed by atoms with Crippen LogP contribution in [0.2, 0.25) is 0 Å². The number of rotatable bonds is 6. The molecule has 0 saturated carbocycles. The normalized spacial score (nSPS) is 14.7.